The van der Waals surface area contributed by atoms with E-state index in [-0.39, 0.29) is 24.9 Å². The van der Waals surface area contributed by atoms with Crippen LogP contribution in [0.5, 0.6) is 0 Å². The molecular weight excluding hydrogens is 292 g/mol. The molecule has 0 aliphatic carbocycles. The third-order valence-electron chi connectivity index (χ3n) is 2.77. The maximum atomic E-state index is 11.9. The van der Waals surface area contributed by atoms with Crippen LogP contribution in [0.15, 0.2) is 30.7 Å². The number of pyridine rings is 1. The fourth-order valence-electron chi connectivity index (χ4n) is 1.71. The molecule has 0 bridgehead atoms. The molecule has 2 heterocycles. The highest BCUT2D eigenvalue weighted by Gasteiger charge is 2.19. The molecule has 1 amide bonds. The predicted octanol–water partition coefficient (Wildman–Crippen LogP) is 2.29. The quantitative estimate of drug-likeness (QED) is 0.940. The van der Waals surface area contributed by atoms with Gasteiger partial charge in [-0.3, -0.25) is 9.78 Å². The Hall–Kier alpha value is -1.92. The van der Waals surface area contributed by atoms with E-state index in [1.54, 1.807) is 43.3 Å². The van der Waals surface area contributed by atoms with Gasteiger partial charge in [-0.25, -0.2) is 4.68 Å². The molecule has 0 saturated heterocycles. The number of aliphatic hydroxyl groups is 1. The van der Waals surface area contributed by atoms with Gasteiger partial charge in [0.2, 0.25) is 5.91 Å². The largest absolute Gasteiger partial charge is 0.393 e. The molecular formula is C14H19ClN4O2. The SMILES string of the molecule is C.CC(O)CC(=O)N(C)c1cn(-c2cccnc2)nc1Cl. The summed E-state index contributed by atoms with van der Waals surface area (Å²) in [6.45, 7) is 1.56. The molecule has 2 aromatic rings. The Morgan fingerprint density at radius 2 is 2.29 bits per heavy atom. The highest BCUT2D eigenvalue weighted by atomic mass is 35.5. The number of aromatic nitrogens is 3. The summed E-state index contributed by atoms with van der Waals surface area (Å²) < 4.78 is 1.55. The second-order valence-corrected chi connectivity index (χ2v) is 4.82. The molecule has 1 N–H and O–H groups in total. The molecule has 6 nitrogen and oxygen atoms in total. The van der Waals surface area contributed by atoms with Crippen molar-refractivity contribution >= 4 is 23.2 Å². The number of hydrogen-bond donors (Lipinski definition) is 1. The first-order chi connectivity index (χ1) is 9.49. The zero-order chi connectivity index (χ0) is 14.7. The molecule has 2 rings (SSSR count). The molecule has 114 valence electrons. The Morgan fingerprint density at radius 3 is 2.86 bits per heavy atom. The van der Waals surface area contributed by atoms with Crippen LogP contribution in [-0.2, 0) is 4.79 Å². The minimum Gasteiger partial charge on any atom is -0.393 e. The van der Waals surface area contributed by atoms with E-state index < -0.39 is 6.10 Å². The Kier molecular flexibility index (Phi) is 5.87. The molecule has 1 atom stereocenters. The van der Waals surface area contributed by atoms with Crippen LogP contribution < -0.4 is 4.90 Å². The van der Waals surface area contributed by atoms with E-state index in [0.717, 1.165) is 5.69 Å². The standard InChI is InChI=1S/C13H15ClN4O2.CH4/c1-9(19)6-12(20)17(2)11-8-18(16-13(11)14)10-4-3-5-15-7-10;/h3-5,7-9,19H,6H2,1-2H3;1H4. The summed E-state index contributed by atoms with van der Waals surface area (Å²) in [5.41, 5.74) is 1.23. The van der Waals surface area contributed by atoms with Gasteiger partial charge in [0.15, 0.2) is 5.15 Å². The van der Waals surface area contributed by atoms with Gasteiger partial charge in [0, 0.05) is 13.2 Å². The predicted molar refractivity (Wildman–Crippen MR) is 82.8 cm³/mol. The molecule has 2 aromatic heterocycles. The summed E-state index contributed by atoms with van der Waals surface area (Å²) in [6, 6.07) is 3.62. The minimum absolute atomic E-state index is 0. The van der Waals surface area contributed by atoms with Crippen LogP contribution in [0, 0.1) is 0 Å². The zero-order valence-corrected chi connectivity index (χ0v) is 11.9. The van der Waals surface area contributed by atoms with Crippen molar-refractivity contribution in [3.63, 3.8) is 0 Å². The monoisotopic (exact) mass is 310 g/mol. The highest BCUT2D eigenvalue weighted by Crippen LogP contribution is 2.25. The van der Waals surface area contributed by atoms with Crippen molar-refractivity contribution in [2.24, 2.45) is 0 Å². The number of nitrogens with zero attached hydrogens (tertiary/aromatic N) is 4. The van der Waals surface area contributed by atoms with E-state index in [9.17, 15) is 9.90 Å². The number of aliphatic hydroxyl groups excluding tert-OH is 1. The number of halogens is 1. The molecule has 0 spiro atoms. The van der Waals surface area contributed by atoms with Gasteiger partial charge in [0.1, 0.15) is 5.69 Å². The lowest BCUT2D eigenvalue weighted by atomic mass is 10.2. The van der Waals surface area contributed by atoms with Crippen LogP contribution in [0.1, 0.15) is 20.8 Å². The average Bonchev–Trinajstić information content (AvgIpc) is 2.80. The van der Waals surface area contributed by atoms with Gasteiger partial charge in [-0.05, 0) is 19.1 Å². The molecule has 0 saturated carbocycles. The molecule has 7 heteroatoms. The van der Waals surface area contributed by atoms with Gasteiger partial charge in [0.25, 0.3) is 0 Å². The van der Waals surface area contributed by atoms with Gasteiger partial charge in [0.05, 0.1) is 30.6 Å². The maximum absolute atomic E-state index is 11.9. The van der Waals surface area contributed by atoms with Crippen molar-refractivity contribution in [3.8, 4) is 5.69 Å². The molecule has 0 radical (unpaired) electrons. The zero-order valence-electron chi connectivity index (χ0n) is 11.2. The molecule has 0 aliphatic heterocycles. The summed E-state index contributed by atoms with van der Waals surface area (Å²) in [5, 5.41) is 13.6. The first kappa shape index (κ1) is 17.1. The van der Waals surface area contributed by atoms with Crippen LogP contribution in [0.4, 0.5) is 5.69 Å². The topological polar surface area (TPSA) is 71.2 Å². The van der Waals surface area contributed by atoms with Crippen molar-refractivity contribution in [2.45, 2.75) is 26.9 Å². The van der Waals surface area contributed by atoms with E-state index in [4.69, 9.17) is 11.6 Å². The highest BCUT2D eigenvalue weighted by molar-refractivity contribution is 6.32. The summed E-state index contributed by atoms with van der Waals surface area (Å²) in [5.74, 6) is -0.229. The lowest BCUT2D eigenvalue weighted by molar-refractivity contribution is -0.119. The second-order valence-electron chi connectivity index (χ2n) is 4.47. The van der Waals surface area contributed by atoms with Gasteiger partial charge in [-0.15, -0.1) is 0 Å². The number of hydrogen-bond acceptors (Lipinski definition) is 4. The minimum atomic E-state index is -0.697. The van der Waals surface area contributed by atoms with Crippen LogP contribution >= 0.6 is 11.6 Å². The number of carbonyl (C=O) groups excluding carboxylic acids is 1. The Bertz CT molecular complexity index is 598. The molecule has 0 fully saturated rings. The van der Waals surface area contributed by atoms with E-state index in [2.05, 4.69) is 10.1 Å². The number of amides is 1. The number of carbonyl (C=O) groups is 1. The van der Waals surface area contributed by atoms with Gasteiger partial charge < -0.3 is 10.0 Å². The summed E-state index contributed by atoms with van der Waals surface area (Å²) in [6.07, 6.45) is 4.29. The fraction of sp³-hybridized carbons (Fsp3) is 0.357. The van der Waals surface area contributed by atoms with E-state index in [1.807, 2.05) is 6.07 Å². The molecule has 0 aliphatic rings. The Balaban J connectivity index is 0.00000220. The lowest BCUT2D eigenvalue weighted by Crippen LogP contribution is -2.28. The van der Waals surface area contributed by atoms with Crippen LogP contribution in [0.2, 0.25) is 5.15 Å². The van der Waals surface area contributed by atoms with Gasteiger partial charge in [-0.1, -0.05) is 19.0 Å². The van der Waals surface area contributed by atoms with Crippen molar-refractivity contribution in [1.82, 2.24) is 14.8 Å². The third kappa shape index (κ3) is 4.03. The lowest BCUT2D eigenvalue weighted by Gasteiger charge is -2.16. The average molecular weight is 311 g/mol. The molecule has 1 unspecified atom stereocenters. The first-order valence-electron chi connectivity index (χ1n) is 6.09. The maximum Gasteiger partial charge on any atom is 0.229 e. The van der Waals surface area contributed by atoms with E-state index in [1.165, 1.54) is 4.90 Å². The smallest absolute Gasteiger partial charge is 0.229 e. The van der Waals surface area contributed by atoms with Crippen molar-refractivity contribution in [2.75, 3.05) is 11.9 Å². The Labute approximate surface area is 129 Å². The fourth-order valence-corrected chi connectivity index (χ4v) is 1.97. The van der Waals surface area contributed by atoms with Gasteiger partial charge >= 0.3 is 0 Å². The van der Waals surface area contributed by atoms with Crippen molar-refractivity contribution < 1.29 is 9.90 Å². The van der Waals surface area contributed by atoms with Gasteiger partial charge in [-0.2, -0.15) is 5.10 Å². The van der Waals surface area contributed by atoms with Crippen molar-refractivity contribution in [1.29, 1.82) is 0 Å². The Morgan fingerprint density at radius 1 is 1.57 bits per heavy atom. The first-order valence-corrected chi connectivity index (χ1v) is 6.47. The second kappa shape index (κ2) is 7.19. The van der Waals surface area contributed by atoms with Crippen molar-refractivity contribution in [3.05, 3.63) is 35.9 Å². The van der Waals surface area contributed by atoms with Crippen LogP contribution in [-0.4, -0.2) is 38.9 Å². The molecule has 0 aromatic carbocycles. The summed E-state index contributed by atoms with van der Waals surface area (Å²) in [4.78, 5) is 17.3. The summed E-state index contributed by atoms with van der Waals surface area (Å²) in [7, 11) is 1.60. The third-order valence-corrected chi connectivity index (χ3v) is 3.04. The number of rotatable bonds is 4. The molecule has 21 heavy (non-hydrogen) atoms. The number of anilines is 1. The van der Waals surface area contributed by atoms with Crippen LogP contribution in [0.25, 0.3) is 5.69 Å². The van der Waals surface area contributed by atoms with E-state index >= 15 is 0 Å². The normalized spacial score (nSPS) is 11.6. The summed E-state index contributed by atoms with van der Waals surface area (Å²) >= 11 is 6.06. The van der Waals surface area contributed by atoms with Crippen LogP contribution in [0.3, 0.4) is 0 Å². The van der Waals surface area contributed by atoms with E-state index in [0.29, 0.717) is 5.69 Å².